The lowest BCUT2D eigenvalue weighted by Gasteiger charge is -2.21. The Morgan fingerprint density at radius 1 is 1.30 bits per heavy atom. The van der Waals surface area contributed by atoms with Crippen LogP contribution in [-0.2, 0) is 6.54 Å². The maximum Gasteiger partial charge on any atom is 0.337 e. The number of hydrogen-bond acceptors (Lipinski definition) is 2. The molecule has 1 N–H and O–H groups in total. The molecule has 0 radical (unpaired) electrons. The van der Waals surface area contributed by atoms with Gasteiger partial charge in [0.1, 0.15) is 0 Å². The number of imidazole rings is 1. The summed E-state index contributed by atoms with van der Waals surface area (Å²) in [6, 6.07) is 5.28. The van der Waals surface area contributed by atoms with Crippen LogP contribution in [0.25, 0.3) is 11.0 Å². The molecule has 0 spiro atoms. The van der Waals surface area contributed by atoms with Gasteiger partial charge in [-0.05, 0) is 24.5 Å². The lowest BCUT2D eigenvalue weighted by molar-refractivity contribution is 0.0698. The van der Waals surface area contributed by atoms with Crippen LogP contribution >= 0.6 is 0 Å². The van der Waals surface area contributed by atoms with E-state index in [9.17, 15) is 9.90 Å². The zero-order chi connectivity index (χ0) is 13.9. The van der Waals surface area contributed by atoms with Crippen LogP contribution in [0.15, 0.2) is 24.5 Å². The van der Waals surface area contributed by atoms with Crippen molar-refractivity contribution in [3.8, 4) is 0 Å². The summed E-state index contributed by atoms with van der Waals surface area (Å²) in [5.41, 5.74) is 1.88. The van der Waals surface area contributed by atoms with Crippen LogP contribution in [0, 0.1) is 5.92 Å². The molecule has 0 bridgehead atoms. The zero-order valence-electron chi connectivity index (χ0n) is 11.6. The van der Waals surface area contributed by atoms with Crippen molar-refractivity contribution in [1.82, 2.24) is 9.55 Å². The molecular formula is C16H20N2O2. The summed E-state index contributed by atoms with van der Waals surface area (Å²) >= 11 is 0. The fraction of sp³-hybridized carbons (Fsp3) is 0.500. The summed E-state index contributed by atoms with van der Waals surface area (Å²) in [7, 11) is 0. The highest BCUT2D eigenvalue weighted by atomic mass is 16.4. The molecule has 1 aliphatic carbocycles. The van der Waals surface area contributed by atoms with Crippen LogP contribution in [0.1, 0.15) is 48.9 Å². The Hall–Kier alpha value is -1.84. The minimum absolute atomic E-state index is 0.351. The highest BCUT2D eigenvalue weighted by Gasteiger charge is 2.16. The van der Waals surface area contributed by atoms with E-state index in [-0.39, 0.29) is 0 Å². The Bertz CT molecular complexity index is 612. The molecule has 0 amide bonds. The van der Waals surface area contributed by atoms with E-state index in [1.807, 2.05) is 10.6 Å². The normalized spacial score (nSPS) is 16.6. The number of carboxylic acid groups (broad SMARTS) is 1. The van der Waals surface area contributed by atoms with Gasteiger partial charge in [-0.1, -0.05) is 38.2 Å². The Morgan fingerprint density at radius 3 is 2.85 bits per heavy atom. The second kappa shape index (κ2) is 5.65. The van der Waals surface area contributed by atoms with Gasteiger partial charge in [-0.15, -0.1) is 0 Å². The summed E-state index contributed by atoms with van der Waals surface area (Å²) < 4.78 is 2.01. The first-order valence-electron chi connectivity index (χ1n) is 7.43. The molecule has 2 aromatic rings. The van der Waals surface area contributed by atoms with Gasteiger partial charge in [-0.3, -0.25) is 0 Å². The molecule has 106 valence electrons. The molecule has 4 nitrogen and oxygen atoms in total. The quantitative estimate of drug-likeness (QED) is 0.923. The van der Waals surface area contributed by atoms with Crippen molar-refractivity contribution < 1.29 is 9.90 Å². The SMILES string of the molecule is O=C(O)c1cccc2ncn(CCC3CCCCC3)c12. The minimum atomic E-state index is -0.880. The Labute approximate surface area is 118 Å². The first-order valence-corrected chi connectivity index (χ1v) is 7.43. The van der Waals surface area contributed by atoms with Gasteiger partial charge in [0.2, 0.25) is 0 Å². The van der Waals surface area contributed by atoms with Crippen molar-refractivity contribution in [3.05, 3.63) is 30.1 Å². The highest BCUT2D eigenvalue weighted by molar-refractivity contribution is 6.01. The summed E-state index contributed by atoms with van der Waals surface area (Å²) in [5, 5.41) is 9.30. The molecule has 1 fully saturated rings. The van der Waals surface area contributed by atoms with Crippen LogP contribution in [0.3, 0.4) is 0 Å². The van der Waals surface area contributed by atoms with E-state index in [1.54, 1.807) is 18.5 Å². The third-order valence-electron chi connectivity index (χ3n) is 4.37. The Kier molecular flexibility index (Phi) is 3.72. The Morgan fingerprint density at radius 2 is 2.10 bits per heavy atom. The van der Waals surface area contributed by atoms with E-state index in [2.05, 4.69) is 4.98 Å². The van der Waals surface area contributed by atoms with E-state index in [1.165, 1.54) is 32.1 Å². The van der Waals surface area contributed by atoms with Crippen LogP contribution in [0.4, 0.5) is 0 Å². The number of hydrogen-bond donors (Lipinski definition) is 1. The topological polar surface area (TPSA) is 55.1 Å². The van der Waals surface area contributed by atoms with Crippen molar-refractivity contribution in [2.24, 2.45) is 5.92 Å². The minimum Gasteiger partial charge on any atom is -0.478 e. The lowest BCUT2D eigenvalue weighted by Crippen LogP contribution is -2.10. The summed E-state index contributed by atoms with van der Waals surface area (Å²) in [5.74, 6) is -0.0896. The number of aryl methyl sites for hydroxylation is 1. The number of para-hydroxylation sites is 1. The number of aromatic carboxylic acids is 1. The van der Waals surface area contributed by atoms with Gasteiger partial charge in [0.05, 0.1) is 22.9 Å². The molecule has 1 aromatic carbocycles. The van der Waals surface area contributed by atoms with Crippen molar-refractivity contribution >= 4 is 17.0 Å². The molecule has 0 atom stereocenters. The van der Waals surface area contributed by atoms with Gasteiger partial charge >= 0.3 is 5.97 Å². The van der Waals surface area contributed by atoms with Gasteiger partial charge in [-0.2, -0.15) is 0 Å². The maximum absolute atomic E-state index is 11.3. The van der Waals surface area contributed by atoms with Crippen LogP contribution in [0.5, 0.6) is 0 Å². The highest BCUT2D eigenvalue weighted by Crippen LogP contribution is 2.27. The predicted molar refractivity (Wildman–Crippen MR) is 77.9 cm³/mol. The monoisotopic (exact) mass is 272 g/mol. The number of fused-ring (bicyclic) bond motifs is 1. The molecule has 1 heterocycles. The van der Waals surface area contributed by atoms with E-state index in [0.29, 0.717) is 5.56 Å². The van der Waals surface area contributed by atoms with Gasteiger partial charge in [0.15, 0.2) is 0 Å². The van der Waals surface area contributed by atoms with Gasteiger partial charge in [-0.25, -0.2) is 9.78 Å². The second-order valence-corrected chi connectivity index (χ2v) is 5.71. The van der Waals surface area contributed by atoms with Gasteiger partial charge in [0.25, 0.3) is 0 Å². The zero-order valence-corrected chi connectivity index (χ0v) is 11.6. The molecule has 0 saturated heterocycles. The van der Waals surface area contributed by atoms with E-state index >= 15 is 0 Å². The van der Waals surface area contributed by atoms with Crippen molar-refractivity contribution in [2.45, 2.75) is 45.1 Å². The molecule has 0 unspecified atom stereocenters. The second-order valence-electron chi connectivity index (χ2n) is 5.71. The summed E-state index contributed by atoms with van der Waals surface area (Å²) in [4.78, 5) is 15.7. The van der Waals surface area contributed by atoms with Gasteiger partial charge in [0, 0.05) is 6.54 Å². The summed E-state index contributed by atoms with van der Waals surface area (Å²) in [6.45, 7) is 0.867. The number of benzene rings is 1. The number of nitrogens with zero attached hydrogens (tertiary/aromatic N) is 2. The number of rotatable bonds is 4. The Balaban J connectivity index is 1.82. The fourth-order valence-electron chi connectivity index (χ4n) is 3.27. The number of aromatic nitrogens is 2. The molecule has 4 heteroatoms. The van der Waals surface area contributed by atoms with E-state index in [4.69, 9.17) is 0 Å². The van der Waals surface area contributed by atoms with Crippen LogP contribution in [-0.4, -0.2) is 20.6 Å². The van der Waals surface area contributed by atoms with Crippen LogP contribution in [0.2, 0.25) is 0 Å². The average Bonchev–Trinajstić information content (AvgIpc) is 2.89. The van der Waals surface area contributed by atoms with Crippen LogP contribution < -0.4 is 0 Å². The fourth-order valence-corrected chi connectivity index (χ4v) is 3.27. The maximum atomic E-state index is 11.3. The predicted octanol–water partition coefficient (Wildman–Crippen LogP) is 3.70. The van der Waals surface area contributed by atoms with Gasteiger partial charge < -0.3 is 9.67 Å². The van der Waals surface area contributed by atoms with E-state index < -0.39 is 5.97 Å². The molecule has 1 aromatic heterocycles. The third kappa shape index (κ3) is 2.55. The molecular weight excluding hydrogens is 252 g/mol. The average molecular weight is 272 g/mol. The molecule has 0 aliphatic heterocycles. The lowest BCUT2D eigenvalue weighted by atomic mass is 9.87. The molecule has 1 aliphatic rings. The summed E-state index contributed by atoms with van der Waals surface area (Å²) in [6.07, 6.45) is 9.59. The third-order valence-corrected chi connectivity index (χ3v) is 4.37. The number of carboxylic acids is 1. The molecule has 20 heavy (non-hydrogen) atoms. The number of carbonyl (C=O) groups is 1. The molecule has 3 rings (SSSR count). The first kappa shape index (κ1) is 13.2. The van der Waals surface area contributed by atoms with Crippen molar-refractivity contribution in [1.29, 1.82) is 0 Å². The van der Waals surface area contributed by atoms with Crippen molar-refractivity contribution in [2.75, 3.05) is 0 Å². The first-order chi connectivity index (χ1) is 9.75. The molecule has 1 saturated carbocycles. The van der Waals surface area contributed by atoms with Crippen molar-refractivity contribution in [3.63, 3.8) is 0 Å². The smallest absolute Gasteiger partial charge is 0.337 e. The van der Waals surface area contributed by atoms with E-state index in [0.717, 1.165) is 29.9 Å². The largest absolute Gasteiger partial charge is 0.478 e. The standard InChI is InChI=1S/C16H20N2O2/c19-16(20)13-7-4-8-14-15(13)18(11-17-14)10-9-12-5-2-1-3-6-12/h4,7-8,11-12H,1-3,5-6,9-10H2,(H,19,20).